The van der Waals surface area contributed by atoms with Crippen molar-refractivity contribution in [1.29, 1.82) is 0 Å². The van der Waals surface area contributed by atoms with Crippen LogP contribution in [-0.2, 0) is 6.54 Å². The molecule has 2 N–H and O–H groups in total. The van der Waals surface area contributed by atoms with Gasteiger partial charge in [0.05, 0.1) is 12.4 Å². The number of carbonyl (C=O) groups excluding carboxylic acids is 1. The van der Waals surface area contributed by atoms with Crippen LogP contribution in [0.1, 0.15) is 36.3 Å². The largest absolute Gasteiger partial charge is 0.350 e. The summed E-state index contributed by atoms with van der Waals surface area (Å²) < 4.78 is 3.93. The van der Waals surface area contributed by atoms with Gasteiger partial charge < -0.3 is 15.2 Å². The Morgan fingerprint density at radius 1 is 1.44 bits per heavy atom. The van der Waals surface area contributed by atoms with E-state index >= 15 is 0 Å². The van der Waals surface area contributed by atoms with Gasteiger partial charge in [0.2, 0.25) is 0 Å². The molecule has 1 aliphatic rings. The maximum absolute atomic E-state index is 12.2. The van der Waals surface area contributed by atoms with Crippen molar-refractivity contribution >= 4 is 30.7 Å². The van der Waals surface area contributed by atoms with Gasteiger partial charge in [-0.25, -0.2) is 4.98 Å². The molecule has 2 aromatic rings. The van der Waals surface area contributed by atoms with Gasteiger partial charge in [0.25, 0.3) is 5.91 Å². The number of piperidine rings is 1. The molecule has 3 rings (SSSR count). The van der Waals surface area contributed by atoms with Crippen LogP contribution >= 0.6 is 24.8 Å². The van der Waals surface area contributed by atoms with Crippen LogP contribution in [-0.4, -0.2) is 44.9 Å². The highest BCUT2D eigenvalue weighted by Crippen LogP contribution is 2.15. The lowest BCUT2D eigenvalue weighted by Crippen LogP contribution is -2.32. The first-order chi connectivity index (χ1) is 11.2. The summed E-state index contributed by atoms with van der Waals surface area (Å²) in [4.78, 5) is 16.2. The normalized spacial score (nSPS) is 17.9. The minimum atomic E-state index is -0.106. The molecule has 7 nitrogen and oxygen atoms in total. The number of hydrogen-bond acceptors (Lipinski definition) is 4. The predicted molar refractivity (Wildman–Crippen MR) is 102 cm³/mol. The van der Waals surface area contributed by atoms with E-state index in [0.29, 0.717) is 24.2 Å². The Balaban J connectivity index is 0.00000156. The van der Waals surface area contributed by atoms with Crippen molar-refractivity contribution in [3.05, 3.63) is 36.7 Å². The molecule has 2 atom stereocenters. The third-order valence-corrected chi connectivity index (χ3v) is 4.18. The quantitative estimate of drug-likeness (QED) is 0.792. The van der Waals surface area contributed by atoms with Crippen molar-refractivity contribution < 1.29 is 4.79 Å². The fourth-order valence-electron chi connectivity index (χ4n) is 2.90. The number of nitrogens with zero attached hydrogens (tertiary/aromatic N) is 4. The standard InChI is InChI=1S/C16H24N6O.2ClH/c1-13(11-21-8-6-18-12-21)9-19-16(23)15-4-7-22(20-15)14-3-2-5-17-10-14;;/h4,6-8,12-14,17H,2-3,5,9-11H2,1H3,(H,19,23);2*1H. The van der Waals surface area contributed by atoms with E-state index in [1.807, 2.05) is 21.6 Å². The molecule has 1 aliphatic heterocycles. The molecule has 0 radical (unpaired) electrons. The van der Waals surface area contributed by atoms with E-state index in [0.717, 1.165) is 32.5 Å². The number of aromatic nitrogens is 4. The van der Waals surface area contributed by atoms with E-state index in [1.165, 1.54) is 0 Å². The minimum Gasteiger partial charge on any atom is -0.350 e. The van der Waals surface area contributed by atoms with Gasteiger partial charge in [-0.3, -0.25) is 9.48 Å². The maximum Gasteiger partial charge on any atom is 0.271 e. The Morgan fingerprint density at radius 3 is 2.96 bits per heavy atom. The molecule has 0 saturated carbocycles. The third kappa shape index (κ3) is 6.02. The van der Waals surface area contributed by atoms with Gasteiger partial charge in [-0.15, -0.1) is 24.8 Å². The SMILES string of the molecule is CC(CNC(=O)c1ccn(C2CCCNC2)n1)Cn1ccnc1.Cl.Cl. The molecule has 0 aliphatic carbocycles. The molecule has 0 aromatic carbocycles. The van der Waals surface area contributed by atoms with Gasteiger partial charge in [-0.1, -0.05) is 6.92 Å². The first-order valence-electron chi connectivity index (χ1n) is 8.22. The van der Waals surface area contributed by atoms with Crippen LogP contribution in [0.3, 0.4) is 0 Å². The first kappa shape index (κ1) is 21.5. The molecule has 1 amide bonds. The van der Waals surface area contributed by atoms with Crippen LogP contribution in [0.15, 0.2) is 31.0 Å². The van der Waals surface area contributed by atoms with Crippen LogP contribution in [0, 0.1) is 5.92 Å². The van der Waals surface area contributed by atoms with Gasteiger partial charge in [-0.2, -0.15) is 5.10 Å². The summed E-state index contributed by atoms with van der Waals surface area (Å²) in [5.41, 5.74) is 0.491. The Labute approximate surface area is 160 Å². The average Bonchev–Trinajstić information content (AvgIpc) is 3.25. The number of halogens is 2. The number of hydrogen-bond donors (Lipinski definition) is 2. The van der Waals surface area contributed by atoms with Crippen molar-refractivity contribution in [3.63, 3.8) is 0 Å². The summed E-state index contributed by atoms with van der Waals surface area (Å²) in [6, 6.07) is 2.15. The molecule has 1 saturated heterocycles. The molecule has 0 spiro atoms. The number of nitrogens with one attached hydrogen (secondary N) is 2. The smallest absolute Gasteiger partial charge is 0.271 e. The predicted octanol–water partition coefficient (Wildman–Crippen LogP) is 1.91. The van der Waals surface area contributed by atoms with E-state index in [4.69, 9.17) is 0 Å². The van der Waals surface area contributed by atoms with Crippen LogP contribution in [0.5, 0.6) is 0 Å². The van der Waals surface area contributed by atoms with Gasteiger partial charge in [0, 0.05) is 38.2 Å². The number of rotatable bonds is 6. The summed E-state index contributed by atoms with van der Waals surface area (Å²) in [5, 5.41) is 10.8. The second-order valence-corrected chi connectivity index (χ2v) is 6.26. The zero-order valence-electron chi connectivity index (χ0n) is 14.3. The molecular weight excluding hydrogens is 363 g/mol. The number of amides is 1. The molecule has 3 heterocycles. The summed E-state index contributed by atoms with van der Waals surface area (Å²) in [6.45, 7) is 5.55. The topological polar surface area (TPSA) is 76.8 Å². The molecular formula is C16H26Cl2N6O. The van der Waals surface area contributed by atoms with E-state index in [9.17, 15) is 4.79 Å². The highest BCUT2D eigenvalue weighted by molar-refractivity contribution is 5.92. The fraction of sp³-hybridized carbons (Fsp3) is 0.562. The van der Waals surface area contributed by atoms with Crippen molar-refractivity contribution in [3.8, 4) is 0 Å². The summed E-state index contributed by atoms with van der Waals surface area (Å²) >= 11 is 0. The van der Waals surface area contributed by atoms with Crippen LogP contribution < -0.4 is 10.6 Å². The lowest BCUT2D eigenvalue weighted by molar-refractivity contribution is 0.0940. The highest BCUT2D eigenvalue weighted by Gasteiger charge is 2.17. The summed E-state index contributed by atoms with van der Waals surface area (Å²) in [7, 11) is 0. The van der Waals surface area contributed by atoms with Crippen molar-refractivity contribution in [2.24, 2.45) is 5.92 Å². The Bertz CT molecular complexity index is 624. The van der Waals surface area contributed by atoms with Crippen LogP contribution in [0.2, 0.25) is 0 Å². The number of imidazole rings is 1. The van der Waals surface area contributed by atoms with Crippen LogP contribution in [0.4, 0.5) is 0 Å². The van der Waals surface area contributed by atoms with Gasteiger partial charge >= 0.3 is 0 Å². The van der Waals surface area contributed by atoms with Gasteiger partial charge in [0.1, 0.15) is 5.69 Å². The second-order valence-electron chi connectivity index (χ2n) is 6.26. The Morgan fingerprint density at radius 2 is 2.28 bits per heavy atom. The molecule has 2 aromatic heterocycles. The van der Waals surface area contributed by atoms with Gasteiger partial charge in [-0.05, 0) is 31.4 Å². The minimum absolute atomic E-state index is 0. The van der Waals surface area contributed by atoms with E-state index in [-0.39, 0.29) is 30.7 Å². The highest BCUT2D eigenvalue weighted by atomic mass is 35.5. The molecule has 25 heavy (non-hydrogen) atoms. The number of carbonyl (C=O) groups is 1. The lowest BCUT2D eigenvalue weighted by Gasteiger charge is -2.22. The van der Waals surface area contributed by atoms with Crippen molar-refractivity contribution in [2.45, 2.75) is 32.4 Å². The fourth-order valence-corrected chi connectivity index (χ4v) is 2.90. The lowest BCUT2D eigenvalue weighted by atomic mass is 10.1. The molecule has 2 unspecified atom stereocenters. The zero-order valence-corrected chi connectivity index (χ0v) is 15.9. The zero-order chi connectivity index (χ0) is 16.1. The Hall–Kier alpha value is -1.57. The van der Waals surface area contributed by atoms with Gasteiger partial charge in [0.15, 0.2) is 0 Å². The molecule has 140 valence electrons. The van der Waals surface area contributed by atoms with E-state index in [2.05, 4.69) is 27.6 Å². The average molecular weight is 389 g/mol. The molecule has 1 fully saturated rings. The monoisotopic (exact) mass is 388 g/mol. The first-order valence-corrected chi connectivity index (χ1v) is 8.22. The second kappa shape index (κ2) is 10.4. The summed E-state index contributed by atoms with van der Waals surface area (Å²) in [5.74, 6) is 0.225. The summed E-state index contributed by atoms with van der Waals surface area (Å²) in [6.07, 6.45) is 9.64. The van der Waals surface area contributed by atoms with Crippen LogP contribution in [0.25, 0.3) is 0 Å². The molecule has 9 heteroatoms. The third-order valence-electron chi connectivity index (χ3n) is 4.18. The van der Waals surface area contributed by atoms with E-state index < -0.39 is 0 Å². The molecule has 0 bridgehead atoms. The van der Waals surface area contributed by atoms with Crippen molar-refractivity contribution in [1.82, 2.24) is 30.0 Å². The Kier molecular flexibility index (Phi) is 8.96. The van der Waals surface area contributed by atoms with Crippen molar-refractivity contribution in [2.75, 3.05) is 19.6 Å². The maximum atomic E-state index is 12.2. The van der Waals surface area contributed by atoms with E-state index in [1.54, 1.807) is 18.6 Å².